The molecule has 134 valence electrons. The van der Waals surface area contributed by atoms with E-state index in [1.54, 1.807) is 11.8 Å². The maximum absolute atomic E-state index is 13.0. The number of aryl methyl sites for hydroxylation is 2. The average molecular weight is 412 g/mol. The number of halogens is 1. The first kappa shape index (κ1) is 17.4. The third kappa shape index (κ3) is 2.87. The molecule has 0 spiro atoms. The van der Waals surface area contributed by atoms with E-state index in [4.69, 9.17) is 5.10 Å². The molecule has 2 aliphatic carbocycles. The van der Waals surface area contributed by atoms with Crippen LogP contribution in [0.4, 0.5) is 11.5 Å². The number of amides is 1. The minimum atomic E-state index is -0.205. The predicted octanol–water partition coefficient (Wildman–Crippen LogP) is 4.55. The Bertz CT molecular complexity index is 960. The van der Waals surface area contributed by atoms with E-state index in [9.17, 15) is 4.79 Å². The molecule has 1 fully saturated rings. The molecule has 0 unspecified atom stereocenters. The van der Waals surface area contributed by atoms with Gasteiger partial charge in [0, 0.05) is 22.8 Å². The zero-order valence-corrected chi connectivity index (χ0v) is 17.0. The Morgan fingerprint density at radius 3 is 2.81 bits per heavy atom. The van der Waals surface area contributed by atoms with Gasteiger partial charge in [-0.05, 0) is 81.0 Å². The zero-order valence-electron chi connectivity index (χ0n) is 15.4. The Morgan fingerprint density at radius 1 is 1.35 bits per heavy atom. The van der Waals surface area contributed by atoms with Crippen molar-refractivity contribution in [2.75, 3.05) is 4.90 Å². The van der Waals surface area contributed by atoms with Crippen LogP contribution in [0.3, 0.4) is 0 Å². The van der Waals surface area contributed by atoms with Crippen LogP contribution >= 0.6 is 15.9 Å². The van der Waals surface area contributed by atoms with Gasteiger partial charge < -0.3 is 0 Å². The minimum Gasteiger partial charge on any atom is -0.270 e. The van der Waals surface area contributed by atoms with Gasteiger partial charge in [0.15, 0.2) is 5.82 Å². The van der Waals surface area contributed by atoms with Gasteiger partial charge in [-0.25, -0.2) is 0 Å². The number of nitrogens with zero attached hydrogens (tertiary/aromatic N) is 3. The van der Waals surface area contributed by atoms with E-state index >= 15 is 0 Å². The quantitative estimate of drug-likeness (QED) is 0.694. The summed E-state index contributed by atoms with van der Waals surface area (Å²) in [7, 11) is 1.97. The fourth-order valence-corrected chi connectivity index (χ4v) is 4.21. The van der Waals surface area contributed by atoms with Gasteiger partial charge >= 0.3 is 5.91 Å². The number of anilines is 2. The summed E-state index contributed by atoms with van der Waals surface area (Å²) in [6.07, 6.45) is 5.45. The van der Waals surface area contributed by atoms with Crippen LogP contribution in [-0.2, 0) is 24.7 Å². The first-order valence-electron chi connectivity index (χ1n) is 9.13. The lowest BCUT2D eigenvalue weighted by atomic mass is 10.0. The molecule has 1 amide bonds. The van der Waals surface area contributed by atoms with Crippen LogP contribution in [-0.4, -0.2) is 15.7 Å². The zero-order chi connectivity index (χ0) is 18.4. The SMILES string of the molecule is CC#CC(=O)N(c1cc(C)c(Br)cc1C1CC1)c1nn(C)c2c1CCC2. The summed E-state index contributed by atoms with van der Waals surface area (Å²) >= 11 is 3.65. The van der Waals surface area contributed by atoms with Crippen molar-refractivity contribution in [2.24, 2.45) is 7.05 Å². The van der Waals surface area contributed by atoms with Gasteiger partial charge in [-0.15, -0.1) is 0 Å². The number of carbonyl (C=O) groups excluding carboxylic acids is 1. The van der Waals surface area contributed by atoms with Gasteiger partial charge in [-0.3, -0.25) is 14.4 Å². The first-order chi connectivity index (χ1) is 12.5. The molecule has 0 saturated heterocycles. The Morgan fingerprint density at radius 2 is 2.12 bits per heavy atom. The molecule has 1 aromatic carbocycles. The number of carbonyl (C=O) groups is 1. The lowest BCUT2D eigenvalue weighted by Gasteiger charge is -2.23. The molecular weight excluding hydrogens is 390 g/mol. The van der Waals surface area contributed by atoms with E-state index in [1.807, 2.05) is 11.7 Å². The summed E-state index contributed by atoms with van der Waals surface area (Å²) in [6, 6.07) is 4.27. The molecule has 1 saturated carbocycles. The molecule has 1 aromatic heterocycles. The third-order valence-electron chi connectivity index (χ3n) is 5.31. The van der Waals surface area contributed by atoms with Crippen molar-refractivity contribution >= 4 is 33.3 Å². The standard InChI is InChI=1S/C21H22BrN3O/c1-4-6-20(26)25(21-15-7-5-8-18(15)24(3)23-21)19-11-13(2)17(22)12-16(19)14-9-10-14/h11-12,14H,5,7-10H2,1-3H3. The minimum absolute atomic E-state index is 0.205. The summed E-state index contributed by atoms with van der Waals surface area (Å²) in [5.74, 6) is 6.58. The molecule has 0 N–H and O–H groups in total. The number of rotatable bonds is 3. The number of aromatic nitrogens is 2. The van der Waals surface area contributed by atoms with Crippen molar-refractivity contribution in [3.63, 3.8) is 0 Å². The molecule has 26 heavy (non-hydrogen) atoms. The van der Waals surface area contributed by atoms with Crippen LogP contribution in [0.15, 0.2) is 16.6 Å². The lowest BCUT2D eigenvalue weighted by molar-refractivity contribution is -0.112. The molecule has 0 atom stereocenters. The van der Waals surface area contributed by atoms with Crippen molar-refractivity contribution in [1.29, 1.82) is 0 Å². The number of fused-ring (bicyclic) bond motifs is 1. The van der Waals surface area contributed by atoms with Crippen molar-refractivity contribution in [3.8, 4) is 11.8 Å². The van der Waals surface area contributed by atoms with Crippen molar-refractivity contribution in [1.82, 2.24) is 9.78 Å². The number of benzene rings is 1. The summed E-state index contributed by atoms with van der Waals surface area (Å²) in [5, 5.41) is 4.73. The molecule has 1 heterocycles. The molecule has 4 nitrogen and oxygen atoms in total. The van der Waals surface area contributed by atoms with Crippen molar-refractivity contribution < 1.29 is 4.79 Å². The highest BCUT2D eigenvalue weighted by molar-refractivity contribution is 9.10. The van der Waals surface area contributed by atoms with Gasteiger partial charge in [0.25, 0.3) is 0 Å². The summed E-state index contributed by atoms with van der Waals surface area (Å²) in [4.78, 5) is 14.8. The van der Waals surface area contributed by atoms with Crippen molar-refractivity contribution in [2.45, 2.75) is 51.9 Å². The van der Waals surface area contributed by atoms with Gasteiger partial charge in [-0.2, -0.15) is 5.10 Å². The van der Waals surface area contributed by atoms with Gasteiger partial charge in [0.05, 0.1) is 5.69 Å². The van der Waals surface area contributed by atoms with E-state index in [-0.39, 0.29) is 5.91 Å². The van der Waals surface area contributed by atoms with Gasteiger partial charge in [0.1, 0.15) is 0 Å². The Hall–Kier alpha value is -2.06. The Labute approximate surface area is 162 Å². The molecule has 0 aliphatic heterocycles. The third-order valence-corrected chi connectivity index (χ3v) is 6.16. The van der Waals surface area contributed by atoms with E-state index < -0.39 is 0 Å². The fraction of sp³-hybridized carbons (Fsp3) is 0.429. The molecule has 0 radical (unpaired) electrons. The molecule has 0 bridgehead atoms. The maximum atomic E-state index is 13.0. The van der Waals surface area contributed by atoms with Crippen LogP contribution in [0.1, 0.15) is 54.5 Å². The van der Waals surface area contributed by atoms with Gasteiger partial charge in [-0.1, -0.05) is 21.9 Å². The maximum Gasteiger partial charge on any atom is 0.308 e. The highest BCUT2D eigenvalue weighted by Gasteiger charge is 2.34. The second kappa shape index (κ2) is 6.59. The second-order valence-corrected chi connectivity index (χ2v) is 8.03. The van der Waals surface area contributed by atoms with Crippen LogP contribution < -0.4 is 4.90 Å². The van der Waals surface area contributed by atoms with Crippen LogP contribution in [0.2, 0.25) is 0 Å². The highest BCUT2D eigenvalue weighted by Crippen LogP contribution is 2.48. The lowest BCUT2D eigenvalue weighted by Crippen LogP contribution is -2.27. The monoisotopic (exact) mass is 411 g/mol. The normalized spacial score (nSPS) is 15.4. The fourth-order valence-electron chi connectivity index (χ4n) is 3.85. The summed E-state index contributed by atoms with van der Waals surface area (Å²) < 4.78 is 3.02. The predicted molar refractivity (Wildman–Crippen MR) is 107 cm³/mol. The molecule has 2 aliphatic rings. The molecular formula is C21H22BrN3O. The molecule has 5 heteroatoms. The van der Waals surface area contributed by atoms with E-state index in [2.05, 4.69) is 46.8 Å². The largest absolute Gasteiger partial charge is 0.308 e. The number of hydrogen-bond acceptors (Lipinski definition) is 2. The average Bonchev–Trinajstić information content (AvgIpc) is 3.24. The van der Waals surface area contributed by atoms with Crippen LogP contribution in [0.5, 0.6) is 0 Å². The molecule has 2 aromatic rings. The smallest absolute Gasteiger partial charge is 0.270 e. The molecule has 4 rings (SSSR count). The first-order valence-corrected chi connectivity index (χ1v) is 9.92. The van der Waals surface area contributed by atoms with E-state index in [0.717, 1.165) is 40.8 Å². The second-order valence-electron chi connectivity index (χ2n) is 7.18. The van der Waals surface area contributed by atoms with E-state index in [0.29, 0.717) is 5.92 Å². The van der Waals surface area contributed by atoms with Gasteiger partial charge in [0.2, 0.25) is 0 Å². The summed E-state index contributed by atoms with van der Waals surface area (Å²) in [5.41, 5.74) is 5.70. The number of hydrogen-bond donors (Lipinski definition) is 0. The topological polar surface area (TPSA) is 38.1 Å². The highest BCUT2D eigenvalue weighted by atomic mass is 79.9. The Balaban J connectivity index is 1.93. The van der Waals surface area contributed by atoms with Crippen LogP contribution in [0, 0.1) is 18.8 Å². The van der Waals surface area contributed by atoms with Crippen LogP contribution in [0.25, 0.3) is 0 Å². The Kier molecular flexibility index (Phi) is 4.40. The summed E-state index contributed by atoms with van der Waals surface area (Å²) in [6.45, 7) is 3.76. The van der Waals surface area contributed by atoms with E-state index in [1.165, 1.54) is 29.7 Å². The van der Waals surface area contributed by atoms with Crippen molar-refractivity contribution in [3.05, 3.63) is 39.0 Å².